The second-order valence-electron chi connectivity index (χ2n) is 2.52. The van der Waals surface area contributed by atoms with Gasteiger partial charge in [0.05, 0.1) is 5.52 Å². The van der Waals surface area contributed by atoms with Crippen molar-refractivity contribution in [3.63, 3.8) is 0 Å². The van der Waals surface area contributed by atoms with Gasteiger partial charge in [0.15, 0.2) is 4.77 Å². The van der Waals surface area contributed by atoms with Gasteiger partial charge in [-0.15, -0.1) is 11.3 Å². The van der Waals surface area contributed by atoms with Crippen LogP contribution in [0.2, 0.25) is 0 Å². The quantitative estimate of drug-likeness (QED) is 0.672. The molecule has 2 aromatic rings. The molecule has 0 aliphatic carbocycles. The molecule has 0 aliphatic rings. The van der Waals surface area contributed by atoms with Crippen LogP contribution < -0.4 is 5.56 Å². The minimum absolute atomic E-state index is 0.103. The normalized spacial score (nSPS) is 10.6. The van der Waals surface area contributed by atoms with Gasteiger partial charge in [-0.1, -0.05) is 0 Å². The third kappa shape index (κ3) is 1.17. The minimum Gasteiger partial charge on any atom is -0.464 e. The number of H-pyrrole nitrogens is 1. The number of fused-ring (bicyclic) bond motifs is 1. The minimum atomic E-state index is -1.37. The fraction of sp³-hybridized carbons (Fsp3) is 0. The van der Waals surface area contributed by atoms with Gasteiger partial charge in [-0.25, -0.2) is 4.79 Å². The average Bonchev–Trinajstić information content (AvgIpc) is 2.50. The largest absolute Gasteiger partial charge is 0.464 e. The molecule has 2 heterocycles. The van der Waals surface area contributed by atoms with E-state index in [9.17, 15) is 9.59 Å². The number of carboxylic acid groups (broad SMARTS) is 1. The Bertz CT molecular complexity index is 622. The second kappa shape index (κ2) is 3.03. The van der Waals surface area contributed by atoms with Gasteiger partial charge in [-0.2, -0.15) is 4.57 Å². The fourth-order valence-corrected chi connectivity index (χ4v) is 2.16. The number of aromatic amines is 1. The van der Waals surface area contributed by atoms with Crippen LogP contribution in [0.3, 0.4) is 0 Å². The highest BCUT2D eigenvalue weighted by Crippen LogP contribution is 2.13. The first-order valence-electron chi connectivity index (χ1n) is 3.57. The lowest BCUT2D eigenvalue weighted by molar-refractivity contribution is 0.194. The molecule has 0 amide bonds. The second-order valence-corrected chi connectivity index (χ2v) is 3.82. The molecule has 72 valence electrons. The molecule has 0 fully saturated rings. The molecule has 0 saturated carbocycles. The summed E-state index contributed by atoms with van der Waals surface area (Å²) < 4.78 is 0.781. The first-order valence-corrected chi connectivity index (χ1v) is 4.86. The number of carbonyl (C=O) groups is 1. The van der Waals surface area contributed by atoms with Crippen LogP contribution in [-0.4, -0.2) is 20.8 Å². The van der Waals surface area contributed by atoms with Gasteiger partial charge in [-0.05, 0) is 23.7 Å². The molecule has 2 rings (SSSR count). The van der Waals surface area contributed by atoms with Gasteiger partial charge >= 0.3 is 6.09 Å². The summed E-state index contributed by atoms with van der Waals surface area (Å²) in [5.74, 6) is 0. The van der Waals surface area contributed by atoms with Crippen LogP contribution in [0, 0.1) is 4.77 Å². The van der Waals surface area contributed by atoms with Gasteiger partial charge in [0.25, 0.3) is 5.56 Å². The maximum atomic E-state index is 11.6. The topological polar surface area (TPSA) is 75.1 Å². The van der Waals surface area contributed by atoms with Crippen molar-refractivity contribution in [3.05, 3.63) is 26.6 Å². The third-order valence-corrected chi connectivity index (χ3v) is 2.89. The summed E-state index contributed by atoms with van der Waals surface area (Å²) in [5.41, 5.74) is -0.0197. The van der Waals surface area contributed by atoms with Crippen LogP contribution in [0.4, 0.5) is 4.79 Å². The van der Waals surface area contributed by atoms with Gasteiger partial charge in [0.2, 0.25) is 0 Å². The number of hydrogen-bond acceptors (Lipinski definition) is 4. The summed E-state index contributed by atoms with van der Waals surface area (Å²) in [6, 6.07) is 1.68. The maximum Gasteiger partial charge on any atom is 0.420 e. The van der Waals surface area contributed by atoms with Gasteiger partial charge < -0.3 is 10.1 Å². The van der Waals surface area contributed by atoms with Gasteiger partial charge in [-0.3, -0.25) is 4.79 Å². The first-order chi connectivity index (χ1) is 6.61. The predicted octanol–water partition coefficient (Wildman–Crippen LogP) is 1.65. The smallest absolute Gasteiger partial charge is 0.420 e. The van der Waals surface area contributed by atoms with E-state index in [1.54, 1.807) is 11.4 Å². The average molecular weight is 228 g/mol. The highest BCUT2D eigenvalue weighted by atomic mass is 32.1. The van der Waals surface area contributed by atoms with Crippen molar-refractivity contribution in [2.75, 3.05) is 0 Å². The van der Waals surface area contributed by atoms with Crippen LogP contribution in [0.5, 0.6) is 0 Å². The molecule has 0 spiro atoms. The van der Waals surface area contributed by atoms with Crippen LogP contribution >= 0.6 is 23.6 Å². The maximum absolute atomic E-state index is 11.6. The van der Waals surface area contributed by atoms with Crippen molar-refractivity contribution in [1.29, 1.82) is 0 Å². The molecule has 7 heteroatoms. The molecule has 0 aliphatic heterocycles. The molecular weight excluding hydrogens is 224 g/mol. The molecule has 0 saturated heterocycles. The Balaban J connectivity index is 3.05. The van der Waals surface area contributed by atoms with Crippen molar-refractivity contribution in [2.45, 2.75) is 0 Å². The molecular formula is C7H4N2O3S2. The first kappa shape index (κ1) is 9.10. The summed E-state index contributed by atoms with van der Waals surface area (Å²) in [6.45, 7) is 0. The van der Waals surface area contributed by atoms with E-state index in [2.05, 4.69) is 4.98 Å². The van der Waals surface area contributed by atoms with Crippen molar-refractivity contribution < 1.29 is 9.90 Å². The van der Waals surface area contributed by atoms with Gasteiger partial charge in [0.1, 0.15) is 4.70 Å². The van der Waals surface area contributed by atoms with Gasteiger partial charge in [0, 0.05) is 0 Å². The molecule has 14 heavy (non-hydrogen) atoms. The van der Waals surface area contributed by atoms with E-state index in [4.69, 9.17) is 17.3 Å². The molecule has 2 N–H and O–H groups in total. The summed E-state index contributed by atoms with van der Waals surface area (Å²) in [4.78, 5) is 24.9. The molecule has 2 aromatic heterocycles. The Labute approximate surface area is 86.2 Å². The van der Waals surface area contributed by atoms with Crippen molar-refractivity contribution >= 4 is 39.9 Å². The molecule has 5 nitrogen and oxygen atoms in total. The van der Waals surface area contributed by atoms with Crippen LogP contribution in [0.25, 0.3) is 10.2 Å². The number of thiophene rings is 1. The van der Waals surface area contributed by atoms with Crippen LogP contribution in [-0.2, 0) is 0 Å². The number of aromatic nitrogens is 2. The molecule has 0 radical (unpaired) electrons. The van der Waals surface area contributed by atoms with Crippen molar-refractivity contribution in [3.8, 4) is 0 Å². The van der Waals surface area contributed by atoms with E-state index in [1.807, 2.05) is 0 Å². The third-order valence-electron chi connectivity index (χ3n) is 1.70. The molecule has 0 bridgehead atoms. The van der Waals surface area contributed by atoms with E-state index in [0.29, 0.717) is 14.8 Å². The molecule has 0 unspecified atom stereocenters. The Morgan fingerprint density at radius 2 is 2.36 bits per heavy atom. The Hall–Kier alpha value is -1.47. The zero-order chi connectivity index (χ0) is 10.3. The summed E-state index contributed by atoms with van der Waals surface area (Å²) in [6.07, 6.45) is -1.37. The van der Waals surface area contributed by atoms with E-state index >= 15 is 0 Å². The lowest BCUT2D eigenvalue weighted by atomic mass is 10.5. The highest BCUT2D eigenvalue weighted by molar-refractivity contribution is 7.71. The molecule has 0 aromatic carbocycles. The van der Waals surface area contributed by atoms with Crippen molar-refractivity contribution in [1.82, 2.24) is 9.55 Å². The Morgan fingerprint density at radius 1 is 1.64 bits per heavy atom. The lowest BCUT2D eigenvalue weighted by Crippen LogP contribution is -2.26. The zero-order valence-electron chi connectivity index (χ0n) is 6.68. The van der Waals surface area contributed by atoms with E-state index in [-0.39, 0.29) is 4.77 Å². The van der Waals surface area contributed by atoms with Crippen molar-refractivity contribution in [2.24, 2.45) is 0 Å². The van der Waals surface area contributed by atoms with E-state index in [1.165, 1.54) is 11.3 Å². The number of rotatable bonds is 0. The summed E-state index contributed by atoms with van der Waals surface area (Å²) in [5, 5.41) is 10.4. The molecule has 0 atom stereocenters. The SMILES string of the molecule is O=C(O)n1c(=S)[nH]c2ccsc2c1=O. The fourth-order valence-electron chi connectivity index (χ4n) is 1.11. The van der Waals surface area contributed by atoms with E-state index in [0.717, 1.165) is 0 Å². The standard InChI is InChI=1S/C7H4N2O3S2/c10-5-4-3(1-2-14-4)8-6(13)9(5)7(11)12/h1-2H,(H,8,13)(H,11,12). The van der Waals surface area contributed by atoms with Crippen LogP contribution in [0.1, 0.15) is 0 Å². The Morgan fingerprint density at radius 3 is 3.00 bits per heavy atom. The monoisotopic (exact) mass is 228 g/mol. The highest BCUT2D eigenvalue weighted by Gasteiger charge is 2.11. The lowest BCUT2D eigenvalue weighted by Gasteiger charge is -1.98. The van der Waals surface area contributed by atoms with E-state index < -0.39 is 11.7 Å². The zero-order valence-corrected chi connectivity index (χ0v) is 8.32. The van der Waals surface area contributed by atoms with Crippen LogP contribution in [0.15, 0.2) is 16.2 Å². The Kier molecular flexibility index (Phi) is 1.97. The number of nitrogens with one attached hydrogen (secondary N) is 1. The number of hydrogen-bond donors (Lipinski definition) is 2. The summed E-state index contributed by atoms with van der Waals surface area (Å²) in [7, 11) is 0. The summed E-state index contributed by atoms with van der Waals surface area (Å²) >= 11 is 5.92. The predicted molar refractivity (Wildman–Crippen MR) is 54.7 cm³/mol. The number of nitrogens with zero attached hydrogens (tertiary/aromatic N) is 1.